The van der Waals surface area contributed by atoms with Gasteiger partial charge in [0.05, 0.1) is 6.04 Å². The second-order valence-electron chi connectivity index (χ2n) is 6.07. The van der Waals surface area contributed by atoms with E-state index >= 15 is 0 Å². The third-order valence-electron chi connectivity index (χ3n) is 4.18. The molecule has 0 unspecified atom stereocenters. The van der Waals surface area contributed by atoms with Crippen molar-refractivity contribution < 1.29 is 19.1 Å². The monoisotopic (exact) mass is 339 g/mol. The fraction of sp³-hybridized carbons (Fsp3) is 0.300. The van der Waals surface area contributed by atoms with Crippen LogP contribution in [0.25, 0.3) is 0 Å². The molecule has 25 heavy (non-hydrogen) atoms. The van der Waals surface area contributed by atoms with Gasteiger partial charge in [-0.25, -0.2) is 4.79 Å². The zero-order valence-corrected chi connectivity index (χ0v) is 13.9. The van der Waals surface area contributed by atoms with Crippen molar-refractivity contribution in [3.05, 3.63) is 71.8 Å². The average Bonchev–Trinajstić information content (AvgIpc) is 3.08. The highest BCUT2D eigenvalue weighted by molar-refractivity contribution is 5.72. The van der Waals surface area contributed by atoms with Crippen LogP contribution in [0.4, 0.5) is 4.79 Å². The number of esters is 1. The molecule has 5 heteroatoms. The minimum atomic E-state index is -0.507. The number of nitrogens with one attached hydrogen (secondary N) is 1. The molecule has 2 aromatic rings. The first-order valence-electron chi connectivity index (χ1n) is 8.41. The summed E-state index contributed by atoms with van der Waals surface area (Å²) in [7, 11) is 0. The van der Waals surface area contributed by atoms with Gasteiger partial charge in [0.25, 0.3) is 0 Å². The predicted octanol–water partition coefficient (Wildman–Crippen LogP) is 3.23. The molecule has 2 atom stereocenters. The normalized spacial score (nSPS) is 17.6. The Hall–Kier alpha value is -2.82. The first-order valence-corrected chi connectivity index (χ1v) is 8.41. The smallest absolute Gasteiger partial charge is 0.407 e. The number of amides is 1. The van der Waals surface area contributed by atoms with E-state index in [1.807, 2.05) is 60.7 Å². The van der Waals surface area contributed by atoms with Gasteiger partial charge < -0.3 is 14.8 Å². The molecule has 3 rings (SSSR count). The van der Waals surface area contributed by atoms with E-state index in [0.717, 1.165) is 11.1 Å². The number of carbonyl (C=O) groups excluding carboxylic acids is 2. The van der Waals surface area contributed by atoms with Crippen LogP contribution in [0.1, 0.15) is 24.0 Å². The summed E-state index contributed by atoms with van der Waals surface area (Å²) in [6.45, 7) is 0.204. The van der Waals surface area contributed by atoms with Crippen LogP contribution in [0.5, 0.6) is 0 Å². The molecule has 1 N–H and O–H groups in total. The van der Waals surface area contributed by atoms with Crippen molar-refractivity contribution in [3.63, 3.8) is 0 Å². The summed E-state index contributed by atoms with van der Waals surface area (Å²) >= 11 is 0. The SMILES string of the molecule is O=C1CC[C@H]([C@H](Cc2ccccc2)NC(=O)OCc2ccccc2)O1. The van der Waals surface area contributed by atoms with Crippen molar-refractivity contribution in [2.45, 2.75) is 38.0 Å². The third-order valence-corrected chi connectivity index (χ3v) is 4.18. The summed E-state index contributed by atoms with van der Waals surface area (Å²) in [5.41, 5.74) is 1.99. The Morgan fingerprint density at radius 2 is 1.72 bits per heavy atom. The van der Waals surface area contributed by atoms with Gasteiger partial charge in [-0.2, -0.15) is 0 Å². The van der Waals surface area contributed by atoms with Gasteiger partial charge in [-0.15, -0.1) is 0 Å². The maximum atomic E-state index is 12.2. The van der Waals surface area contributed by atoms with Gasteiger partial charge in [-0.3, -0.25) is 4.79 Å². The molecule has 0 saturated carbocycles. The van der Waals surface area contributed by atoms with Crippen molar-refractivity contribution in [3.8, 4) is 0 Å². The molecule has 1 fully saturated rings. The van der Waals surface area contributed by atoms with E-state index in [4.69, 9.17) is 9.47 Å². The molecular formula is C20H21NO4. The summed E-state index contributed by atoms with van der Waals surface area (Å²) in [5.74, 6) is -0.220. The molecule has 130 valence electrons. The molecule has 0 aliphatic carbocycles. The Balaban J connectivity index is 1.60. The van der Waals surface area contributed by atoms with E-state index in [-0.39, 0.29) is 24.7 Å². The highest BCUT2D eigenvalue weighted by Crippen LogP contribution is 2.20. The van der Waals surface area contributed by atoms with Gasteiger partial charge >= 0.3 is 12.1 Å². The Morgan fingerprint density at radius 3 is 2.32 bits per heavy atom. The molecule has 1 heterocycles. The van der Waals surface area contributed by atoms with Crippen LogP contribution in [0.3, 0.4) is 0 Å². The van der Waals surface area contributed by atoms with Gasteiger partial charge in [0.2, 0.25) is 0 Å². The molecule has 1 aliphatic heterocycles. The molecule has 0 aromatic heterocycles. The van der Waals surface area contributed by atoms with Crippen molar-refractivity contribution in [2.75, 3.05) is 0 Å². The van der Waals surface area contributed by atoms with Crippen LogP contribution < -0.4 is 5.32 Å². The lowest BCUT2D eigenvalue weighted by Gasteiger charge is -2.23. The molecule has 2 aromatic carbocycles. The number of alkyl carbamates (subject to hydrolysis) is 1. The Labute approximate surface area is 147 Å². The number of hydrogen-bond donors (Lipinski definition) is 1. The van der Waals surface area contributed by atoms with E-state index in [2.05, 4.69) is 5.32 Å². The van der Waals surface area contributed by atoms with E-state index in [1.165, 1.54) is 0 Å². The van der Waals surface area contributed by atoms with E-state index in [1.54, 1.807) is 0 Å². The first kappa shape index (κ1) is 17.0. The number of cyclic esters (lactones) is 1. The standard InChI is InChI=1S/C20H21NO4/c22-19-12-11-18(25-19)17(13-15-7-3-1-4-8-15)21-20(23)24-14-16-9-5-2-6-10-16/h1-10,17-18H,11-14H2,(H,21,23)/t17-,18+/m0/s1. The van der Waals surface area contributed by atoms with E-state index in [0.29, 0.717) is 19.3 Å². The van der Waals surface area contributed by atoms with Gasteiger partial charge in [0.1, 0.15) is 12.7 Å². The summed E-state index contributed by atoms with van der Waals surface area (Å²) in [4.78, 5) is 23.6. The second-order valence-corrected chi connectivity index (χ2v) is 6.07. The predicted molar refractivity (Wildman–Crippen MR) is 92.8 cm³/mol. The zero-order valence-electron chi connectivity index (χ0n) is 13.9. The minimum absolute atomic E-state index is 0.204. The third kappa shape index (κ3) is 5.08. The lowest BCUT2D eigenvalue weighted by molar-refractivity contribution is -0.142. The summed E-state index contributed by atoms with van der Waals surface area (Å²) < 4.78 is 10.6. The fourth-order valence-electron chi connectivity index (χ4n) is 2.89. The Bertz CT molecular complexity index is 702. The van der Waals surface area contributed by atoms with Crippen molar-refractivity contribution in [2.24, 2.45) is 0 Å². The van der Waals surface area contributed by atoms with Gasteiger partial charge in [0, 0.05) is 6.42 Å². The van der Waals surface area contributed by atoms with Crippen LogP contribution in [0, 0.1) is 0 Å². The first-order chi connectivity index (χ1) is 12.2. The second kappa shape index (κ2) is 8.33. The highest BCUT2D eigenvalue weighted by atomic mass is 16.6. The topological polar surface area (TPSA) is 64.6 Å². The lowest BCUT2D eigenvalue weighted by Crippen LogP contribution is -2.45. The number of hydrogen-bond acceptors (Lipinski definition) is 4. The quantitative estimate of drug-likeness (QED) is 0.821. The van der Waals surface area contributed by atoms with Crippen molar-refractivity contribution >= 4 is 12.1 Å². The number of benzene rings is 2. The van der Waals surface area contributed by atoms with Crippen LogP contribution >= 0.6 is 0 Å². The van der Waals surface area contributed by atoms with Crippen molar-refractivity contribution in [1.82, 2.24) is 5.32 Å². The minimum Gasteiger partial charge on any atom is -0.460 e. The summed E-state index contributed by atoms with van der Waals surface area (Å²) in [5, 5.41) is 2.86. The maximum absolute atomic E-state index is 12.2. The largest absolute Gasteiger partial charge is 0.460 e. The summed E-state index contributed by atoms with van der Waals surface area (Å²) in [6, 6.07) is 19.0. The lowest BCUT2D eigenvalue weighted by atomic mass is 9.99. The molecule has 5 nitrogen and oxygen atoms in total. The summed E-state index contributed by atoms with van der Waals surface area (Å²) in [6.07, 6.45) is 0.746. The molecule has 1 saturated heterocycles. The number of rotatable bonds is 6. The molecule has 0 radical (unpaired) electrons. The highest BCUT2D eigenvalue weighted by Gasteiger charge is 2.32. The maximum Gasteiger partial charge on any atom is 0.407 e. The molecule has 1 amide bonds. The molecular weight excluding hydrogens is 318 g/mol. The van der Waals surface area contributed by atoms with Gasteiger partial charge in [-0.05, 0) is 24.0 Å². The van der Waals surface area contributed by atoms with Crippen LogP contribution in [-0.2, 0) is 27.3 Å². The van der Waals surface area contributed by atoms with Crippen molar-refractivity contribution in [1.29, 1.82) is 0 Å². The van der Waals surface area contributed by atoms with Crippen LogP contribution in [-0.4, -0.2) is 24.2 Å². The van der Waals surface area contributed by atoms with Gasteiger partial charge in [0.15, 0.2) is 0 Å². The number of ether oxygens (including phenoxy) is 2. The Morgan fingerprint density at radius 1 is 1.08 bits per heavy atom. The van der Waals surface area contributed by atoms with E-state index < -0.39 is 6.09 Å². The fourth-order valence-corrected chi connectivity index (χ4v) is 2.89. The van der Waals surface area contributed by atoms with Gasteiger partial charge in [-0.1, -0.05) is 60.7 Å². The molecule has 1 aliphatic rings. The van der Waals surface area contributed by atoms with Crippen LogP contribution in [0.2, 0.25) is 0 Å². The molecule has 0 spiro atoms. The molecule has 0 bridgehead atoms. The van der Waals surface area contributed by atoms with Crippen LogP contribution in [0.15, 0.2) is 60.7 Å². The average molecular weight is 339 g/mol. The van der Waals surface area contributed by atoms with E-state index in [9.17, 15) is 9.59 Å². The number of carbonyl (C=O) groups is 2. The Kier molecular flexibility index (Phi) is 5.67. The zero-order chi connectivity index (χ0) is 17.5.